The molecule has 6 nitrogen and oxygen atoms in total. The number of halogens is 2. The highest BCUT2D eigenvalue weighted by atomic mass is 35.5. The van der Waals surface area contributed by atoms with Gasteiger partial charge in [-0.05, 0) is 28.6 Å². The Kier molecular flexibility index (Phi) is 3.78. The number of aryl methyl sites for hydroxylation is 1. The van der Waals surface area contributed by atoms with E-state index >= 15 is 0 Å². The summed E-state index contributed by atoms with van der Waals surface area (Å²) in [5, 5.41) is 14.3. The molecule has 0 radical (unpaired) electrons. The van der Waals surface area contributed by atoms with Gasteiger partial charge in [-0.2, -0.15) is 0 Å². The second kappa shape index (κ2) is 5.32. The van der Waals surface area contributed by atoms with E-state index in [-0.39, 0.29) is 12.5 Å². The molecular formula is C10H9Cl2N5O. The summed E-state index contributed by atoms with van der Waals surface area (Å²) in [5.74, 6) is 0.244. The summed E-state index contributed by atoms with van der Waals surface area (Å²) in [6, 6.07) is 4.68. The number of rotatable bonds is 3. The van der Waals surface area contributed by atoms with E-state index in [1.165, 1.54) is 10.7 Å². The van der Waals surface area contributed by atoms with Crippen LogP contribution in [-0.4, -0.2) is 26.1 Å². The van der Waals surface area contributed by atoms with Gasteiger partial charge in [0.05, 0.1) is 17.1 Å². The van der Waals surface area contributed by atoms with Crippen LogP contribution in [0.2, 0.25) is 10.0 Å². The molecule has 8 heteroatoms. The molecule has 0 spiro atoms. The quantitative estimate of drug-likeness (QED) is 0.926. The standard InChI is InChI=1S/C10H9Cl2N5O/c1-17-9(14-15-16-17)5-13-10(18)7-3-2-6(11)4-8(7)12/h2-4H,5H2,1H3,(H,13,18). The lowest BCUT2D eigenvalue weighted by Gasteiger charge is -2.06. The number of nitrogens with one attached hydrogen (secondary N) is 1. The van der Waals surface area contributed by atoms with Crippen LogP contribution in [0.5, 0.6) is 0 Å². The van der Waals surface area contributed by atoms with Crippen LogP contribution in [0.15, 0.2) is 18.2 Å². The molecule has 0 aliphatic heterocycles. The second-order valence-electron chi connectivity index (χ2n) is 3.53. The highest BCUT2D eigenvalue weighted by molar-refractivity contribution is 6.36. The van der Waals surface area contributed by atoms with E-state index in [0.717, 1.165) is 0 Å². The van der Waals surface area contributed by atoms with Crippen molar-refractivity contribution < 1.29 is 4.79 Å². The molecule has 1 N–H and O–H groups in total. The minimum atomic E-state index is -0.306. The first-order valence-electron chi connectivity index (χ1n) is 5.02. The maximum Gasteiger partial charge on any atom is 0.253 e. The minimum Gasteiger partial charge on any atom is -0.345 e. The summed E-state index contributed by atoms with van der Waals surface area (Å²) >= 11 is 11.7. The molecule has 1 aromatic carbocycles. The van der Waals surface area contributed by atoms with Crippen LogP contribution >= 0.6 is 23.2 Å². The van der Waals surface area contributed by atoms with E-state index in [1.54, 1.807) is 19.2 Å². The van der Waals surface area contributed by atoms with E-state index in [2.05, 4.69) is 20.8 Å². The van der Waals surface area contributed by atoms with Crippen molar-refractivity contribution in [2.24, 2.45) is 7.05 Å². The molecule has 1 heterocycles. The fourth-order valence-electron chi connectivity index (χ4n) is 1.33. The van der Waals surface area contributed by atoms with Crippen molar-refractivity contribution in [3.63, 3.8) is 0 Å². The highest BCUT2D eigenvalue weighted by Crippen LogP contribution is 2.20. The normalized spacial score (nSPS) is 10.4. The molecule has 0 fully saturated rings. The largest absolute Gasteiger partial charge is 0.345 e. The van der Waals surface area contributed by atoms with Gasteiger partial charge in [0.1, 0.15) is 0 Å². The number of benzene rings is 1. The van der Waals surface area contributed by atoms with Gasteiger partial charge in [0, 0.05) is 12.1 Å². The van der Waals surface area contributed by atoms with Crippen LogP contribution in [-0.2, 0) is 13.6 Å². The minimum absolute atomic E-state index is 0.224. The SMILES string of the molecule is Cn1nnnc1CNC(=O)c1ccc(Cl)cc1Cl. The lowest BCUT2D eigenvalue weighted by atomic mass is 10.2. The lowest BCUT2D eigenvalue weighted by Crippen LogP contribution is -2.24. The first-order chi connectivity index (χ1) is 8.58. The lowest BCUT2D eigenvalue weighted by molar-refractivity contribution is 0.0949. The van der Waals surface area contributed by atoms with Gasteiger partial charge in [0.15, 0.2) is 5.82 Å². The van der Waals surface area contributed by atoms with Crippen molar-refractivity contribution in [1.29, 1.82) is 0 Å². The van der Waals surface area contributed by atoms with E-state index in [4.69, 9.17) is 23.2 Å². The van der Waals surface area contributed by atoms with Gasteiger partial charge in [0.25, 0.3) is 5.91 Å². The molecule has 0 saturated heterocycles. The number of aromatic nitrogens is 4. The summed E-state index contributed by atoms with van der Waals surface area (Å²) in [6.45, 7) is 0.224. The summed E-state index contributed by atoms with van der Waals surface area (Å²) in [4.78, 5) is 11.9. The number of carbonyl (C=O) groups excluding carboxylic acids is 1. The first-order valence-corrected chi connectivity index (χ1v) is 5.78. The van der Waals surface area contributed by atoms with E-state index in [0.29, 0.717) is 21.4 Å². The van der Waals surface area contributed by atoms with Gasteiger partial charge in [0.2, 0.25) is 0 Å². The predicted molar refractivity (Wildman–Crippen MR) is 66.4 cm³/mol. The van der Waals surface area contributed by atoms with E-state index < -0.39 is 0 Å². The van der Waals surface area contributed by atoms with Crippen molar-refractivity contribution >= 4 is 29.1 Å². The van der Waals surface area contributed by atoms with E-state index in [1.807, 2.05) is 0 Å². The van der Waals surface area contributed by atoms with Crippen LogP contribution < -0.4 is 5.32 Å². The van der Waals surface area contributed by atoms with Crippen molar-refractivity contribution in [2.45, 2.75) is 6.54 Å². The van der Waals surface area contributed by atoms with Crippen molar-refractivity contribution in [3.05, 3.63) is 39.6 Å². The number of hydrogen-bond acceptors (Lipinski definition) is 4. The fourth-order valence-corrected chi connectivity index (χ4v) is 1.82. The monoisotopic (exact) mass is 285 g/mol. The van der Waals surface area contributed by atoms with Gasteiger partial charge in [-0.3, -0.25) is 4.79 Å². The molecule has 0 aliphatic carbocycles. The van der Waals surface area contributed by atoms with Gasteiger partial charge < -0.3 is 5.32 Å². The number of hydrogen-bond donors (Lipinski definition) is 1. The van der Waals surface area contributed by atoms with Gasteiger partial charge in [-0.1, -0.05) is 23.2 Å². The van der Waals surface area contributed by atoms with Crippen molar-refractivity contribution in [1.82, 2.24) is 25.5 Å². The Morgan fingerprint density at radius 2 is 2.22 bits per heavy atom. The van der Waals surface area contributed by atoms with Crippen LogP contribution in [0.3, 0.4) is 0 Å². The summed E-state index contributed by atoms with van der Waals surface area (Å²) in [6.07, 6.45) is 0. The van der Waals surface area contributed by atoms with Crippen LogP contribution in [0.25, 0.3) is 0 Å². The molecule has 1 aromatic heterocycles. The molecule has 94 valence electrons. The number of amides is 1. The van der Waals surface area contributed by atoms with Crippen LogP contribution in [0.1, 0.15) is 16.2 Å². The average molecular weight is 286 g/mol. The summed E-state index contributed by atoms with van der Waals surface area (Å²) < 4.78 is 1.48. The van der Waals surface area contributed by atoms with Crippen molar-refractivity contribution in [2.75, 3.05) is 0 Å². The van der Waals surface area contributed by atoms with E-state index in [9.17, 15) is 4.79 Å². The fraction of sp³-hybridized carbons (Fsp3) is 0.200. The zero-order chi connectivity index (χ0) is 13.1. The second-order valence-corrected chi connectivity index (χ2v) is 4.37. The average Bonchev–Trinajstić information content (AvgIpc) is 2.72. The molecule has 0 bridgehead atoms. The summed E-state index contributed by atoms with van der Waals surface area (Å²) in [5.41, 5.74) is 0.358. The van der Waals surface area contributed by atoms with Crippen LogP contribution in [0, 0.1) is 0 Å². The topological polar surface area (TPSA) is 72.7 Å². The molecule has 2 aromatic rings. The summed E-state index contributed by atoms with van der Waals surface area (Å²) in [7, 11) is 1.69. The van der Waals surface area contributed by atoms with Gasteiger partial charge >= 0.3 is 0 Å². The Bertz CT molecular complexity index is 583. The number of tetrazole rings is 1. The molecule has 2 rings (SSSR count). The maximum atomic E-state index is 11.9. The molecule has 0 saturated carbocycles. The highest BCUT2D eigenvalue weighted by Gasteiger charge is 2.11. The number of nitrogens with zero attached hydrogens (tertiary/aromatic N) is 4. The third kappa shape index (κ3) is 2.77. The maximum absolute atomic E-state index is 11.9. The Morgan fingerprint density at radius 1 is 1.44 bits per heavy atom. The van der Waals surface area contributed by atoms with Crippen molar-refractivity contribution in [3.8, 4) is 0 Å². The molecule has 0 atom stereocenters. The smallest absolute Gasteiger partial charge is 0.253 e. The molecule has 0 aliphatic rings. The Morgan fingerprint density at radius 3 is 2.83 bits per heavy atom. The third-order valence-corrected chi connectivity index (χ3v) is 2.84. The predicted octanol–water partition coefficient (Wildman–Crippen LogP) is 1.45. The molecule has 0 unspecified atom stereocenters. The zero-order valence-corrected chi connectivity index (χ0v) is 10.9. The van der Waals surface area contributed by atoms with Crippen LogP contribution in [0.4, 0.5) is 0 Å². The third-order valence-electron chi connectivity index (χ3n) is 2.29. The van der Waals surface area contributed by atoms with Gasteiger partial charge in [-0.25, -0.2) is 4.68 Å². The molecule has 1 amide bonds. The molecular weight excluding hydrogens is 277 g/mol. The molecule has 18 heavy (non-hydrogen) atoms. The van der Waals surface area contributed by atoms with Gasteiger partial charge in [-0.15, -0.1) is 5.10 Å². The Hall–Kier alpha value is -1.66. The Labute approximate surface area is 113 Å². The zero-order valence-electron chi connectivity index (χ0n) is 9.39. The number of carbonyl (C=O) groups is 1. The Balaban J connectivity index is 2.06. The first kappa shape index (κ1) is 12.8.